The highest BCUT2D eigenvalue weighted by Gasteiger charge is 2.38. The highest BCUT2D eigenvalue weighted by Crippen LogP contribution is 2.34. The first-order valence-electron chi connectivity index (χ1n) is 8.52. The van der Waals surface area contributed by atoms with E-state index in [1.54, 1.807) is 0 Å². The lowest BCUT2D eigenvalue weighted by atomic mass is 9.87. The standard InChI is InChI=1S/C18H25BrN2O2/c1-3-23-17-7-4-15(19)8-13(17)11-21(16-5-6-16)18(22)12(2)14-9-20-10-14/h4,7-8,12,14,16,20H,3,5-6,9-11H2,1-2H3. The van der Waals surface area contributed by atoms with Crippen LogP contribution in [0, 0.1) is 11.8 Å². The molecule has 0 spiro atoms. The van der Waals surface area contributed by atoms with Gasteiger partial charge in [0.05, 0.1) is 6.61 Å². The molecule has 23 heavy (non-hydrogen) atoms. The smallest absolute Gasteiger partial charge is 0.226 e. The highest BCUT2D eigenvalue weighted by atomic mass is 79.9. The van der Waals surface area contributed by atoms with Crippen molar-refractivity contribution in [2.75, 3.05) is 19.7 Å². The first-order valence-corrected chi connectivity index (χ1v) is 9.32. The summed E-state index contributed by atoms with van der Waals surface area (Å²) in [6.07, 6.45) is 2.25. The van der Waals surface area contributed by atoms with E-state index >= 15 is 0 Å². The average molecular weight is 381 g/mol. The minimum Gasteiger partial charge on any atom is -0.494 e. The van der Waals surface area contributed by atoms with Crippen LogP contribution in [0.15, 0.2) is 22.7 Å². The van der Waals surface area contributed by atoms with Gasteiger partial charge >= 0.3 is 0 Å². The van der Waals surface area contributed by atoms with E-state index in [0.717, 1.165) is 41.7 Å². The van der Waals surface area contributed by atoms with Crippen LogP contribution in [0.4, 0.5) is 0 Å². The lowest BCUT2D eigenvalue weighted by Crippen LogP contribution is -2.50. The Balaban J connectivity index is 1.77. The number of rotatable bonds is 7. The summed E-state index contributed by atoms with van der Waals surface area (Å²) in [4.78, 5) is 15.0. The summed E-state index contributed by atoms with van der Waals surface area (Å²) >= 11 is 3.53. The maximum atomic E-state index is 13.0. The first kappa shape index (κ1) is 16.8. The van der Waals surface area contributed by atoms with Crippen molar-refractivity contribution in [2.45, 2.75) is 39.3 Å². The molecule has 1 N–H and O–H groups in total. The number of halogens is 1. The fraction of sp³-hybridized carbons (Fsp3) is 0.611. The van der Waals surface area contributed by atoms with Gasteiger partial charge in [0.25, 0.3) is 0 Å². The molecule has 2 fully saturated rings. The van der Waals surface area contributed by atoms with Crippen molar-refractivity contribution >= 4 is 21.8 Å². The number of nitrogens with zero attached hydrogens (tertiary/aromatic N) is 1. The van der Waals surface area contributed by atoms with Crippen molar-refractivity contribution in [1.29, 1.82) is 0 Å². The van der Waals surface area contributed by atoms with Crippen LogP contribution < -0.4 is 10.1 Å². The molecule has 0 aromatic heterocycles. The molecular weight excluding hydrogens is 356 g/mol. The van der Waals surface area contributed by atoms with Crippen LogP contribution in [0.25, 0.3) is 0 Å². The lowest BCUT2D eigenvalue weighted by molar-refractivity contribution is -0.138. The quantitative estimate of drug-likeness (QED) is 0.789. The molecule has 0 bridgehead atoms. The van der Waals surface area contributed by atoms with E-state index in [1.807, 2.05) is 19.1 Å². The predicted octanol–water partition coefficient (Wildman–Crippen LogP) is 3.19. The monoisotopic (exact) mass is 380 g/mol. The molecule has 1 amide bonds. The van der Waals surface area contributed by atoms with Crippen LogP contribution in [0.2, 0.25) is 0 Å². The van der Waals surface area contributed by atoms with Gasteiger partial charge in [0, 0.05) is 28.5 Å². The van der Waals surface area contributed by atoms with Gasteiger partial charge in [-0.25, -0.2) is 0 Å². The van der Waals surface area contributed by atoms with Crippen molar-refractivity contribution in [3.63, 3.8) is 0 Å². The minimum atomic E-state index is 0.0968. The second-order valence-corrected chi connectivity index (χ2v) is 7.51. The lowest BCUT2D eigenvalue weighted by Gasteiger charge is -2.35. The molecule has 126 valence electrons. The van der Waals surface area contributed by atoms with Crippen LogP contribution in [0.5, 0.6) is 5.75 Å². The van der Waals surface area contributed by atoms with Gasteiger partial charge in [-0.2, -0.15) is 0 Å². The summed E-state index contributed by atoms with van der Waals surface area (Å²) in [5, 5.41) is 3.27. The Bertz CT molecular complexity index is 570. The van der Waals surface area contributed by atoms with Crippen molar-refractivity contribution < 1.29 is 9.53 Å². The molecule has 1 aliphatic heterocycles. The predicted molar refractivity (Wildman–Crippen MR) is 94.4 cm³/mol. The molecule has 5 heteroatoms. The third-order valence-corrected chi connectivity index (χ3v) is 5.34. The van der Waals surface area contributed by atoms with E-state index in [9.17, 15) is 4.79 Å². The molecule has 1 aromatic carbocycles. The van der Waals surface area contributed by atoms with E-state index in [4.69, 9.17) is 4.74 Å². The van der Waals surface area contributed by atoms with E-state index in [0.29, 0.717) is 31.0 Å². The van der Waals surface area contributed by atoms with Crippen LogP contribution in [-0.2, 0) is 11.3 Å². The zero-order valence-electron chi connectivity index (χ0n) is 13.8. The zero-order chi connectivity index (χ0) is 16.4. The largest absolute Gasteiger partial charge is 0.494 e. The molecule has 0 radical (unpaired) electrons. The SMILES string of the molecule is CCOc1ccc(Br)cc1CN(C(=O)C(C)C1CNC1)C1CC1. The topological polar surface area (TPSA) is 41.6 Å². The van der Waals surface area contributed by atoms with E-state index in [1.165, 1.54) is 0 Å². The van der Waals surface area contributed by atoms with Gasteiger partial charge in [-0.05, 0) is 57.0 Å². The van der Waals surface area contributed by atoms with E-state index in [2.05, 4.69) is 39.1 Å². The Kier molecular flexibility index (Phi) is 5.27. The minimum absolute atomic E-state index is 0.0968. The number of carbonyl (C=O) groups excluding carboxylic acids is 1. The summed E-state index contributed by atoms with van der Waals surface area (Å²) in [6, 6.07) is 6.45. The molecule has 1 unspecified atom stereocenters. The summed E-state index contributed by atoms with van der Waals surface area (Å²) < 4.78 is 6.77. The number of hydrogen-bond acceptors (Lipinski definition) is 3. The van der Waals surface area contributed by atoms with Gasteiger partial charge in [0.15, 0.2) is 0 Å². The zero-order valence-corrected chi connectivity index (χ0v) is 15.4. The average Bonchev–Trinajstić information content (AvgIpc) is 3.29. The van der Waals surface area contributed by atoms with Gasteiger partial charge in [-0.3, -0.25) is 4.79 Å². The molecule has 3 rings (SSSR count). The number of benzene rings is 1. The van der Waals surface area contributed by atoms with Crippen molar-refractivity contribution in [2.24, 2.45) is 11.8 Å². The molecular formula is C18H25BrN2O2. The van der Waals surface area contributed by atoms with E-state index < -0.39 is 0 Å². The molecule has 1 saturated heterocycles. The summed E-state index contributed by atoms with van der Waals surface area (Å²) in [7, 11) is 0. The Morgan fingerprint density at radius 3 is 2.74 bits per heavy atom. The van der Waals surface area contributed by atoms with Crippen molar-refractivity contribution in [3.05, 3.63) is 28.2 Å². The molecule has 2 aliphatic rings. The van der Waals surface area contributed by atoms with Crippen molar-refractivity contribution in [1.82, 2.24) is 10.2 Å². The maximum absolute atomic E-state index is 13.0. The number of nitrogens with one attached hydrogen (secondary N) is 1. The van der Waals surface area contributed by atoms with Crippen LogP contribution in [0.1, 0.15) is 32.3 Å². The Morgan fingerprint density at radius 2 is 2.17 bits per heavy atom. The number of hydrogen-bond donors (Lipinski definition) is 1. The van der Waals surface area contributed by atoms with Crippen LogP contribution in [0.3, 0.4) is 0 Å². The summed E-state index contributed by atoms with van der Waals surface area (Å²) in [5.41, 5.74) is 1.08. The fourth-order valence-corrected chi connectivity index (χ4v) is 3.46. The van der Waals surface area contributed by atoms with Gasteiger partial charge in [-0.15, -0.1) is 0 Å². The third-order valence-electron chi connectivity index (χ3n) is 4.84. The van der Waals surface area contributed by atoms with Gasteiger partial charge < -0.3 is 15.0 Å². The molecule has 1 aliphatic carbocycles. The van der Waals surface area contributed by atoms with E-state index in [-0.39, 0.29) is 5.92 Å². The third kappa shape index (κ3) is 3.89. The Morgan fingerprint density at radius 1 is 1.43 bits per heavy atom. The van der Waals surface area contributed by atoms with Gasteiger partial charge in [0.2, 0.25) is 5.91 Å². The summed E-state index contributed by atoms with van der Waals surface area (Å²) in [5.74, 6) is 1.76. The highest BCUT2D eigenvalue weighted by molar-refractivity contribution is 9.10. The van der Waals surface area contributed by atoms with Crippen molar-refractivity contribution in [3.8, 4) is 5.75 Å². The molecule has 1 atom stereocenters. The second-order valence-electron chi connectivity index (χ2n) is 6.59. The molecule has 4 nitrogen and oxygen atoms in total. The maximum Gasteiger partial charge on any atom is 0.226 e. The summed E-state index contributed by atoms with van der Waals surface area (Å²) in [6.45, 7) is 7.27. The van der Waals surface area contributed by atoms with Gasteiger partial charge in [-0.1, -0.05) is 22.9 Å². The Hall–Kier alpha value is -1.07. The Labute approximate surface area is 146 Å². The first-order chi connectivity index (χ1) is 11.1. The number of ether oxygens (including phenoxy) is 1. The molecule has 1 aromatic rings. The molecule has 1 saturated carbocycles. The number of amides is 1. The fourth-order valence-electron chi connectivity index (χ4n) is 3.05. The normalized spacial score (nSPS) is 19.1. The second kappa shape index (κ2) is 7.22. The van der Waals surface area contributed by atoms with Crippen LogP contribution in [-0.4, -0.2) is 36.5 Å². The number of carbonyl (C=O) groups is 1. The van der Waals surface area contributed by atoms with Gasteiger partial charge in [0.1, 0.15) is 5.75 Å². The van der Waals surface area contributed by atoms with Crippen LogP contribution >= 0.6 is 15.9 Å². The molecule has 1 heterocycles.